The Hall–Kier alpha value is -4.79. The van der Waals surface area contributed by atoms with Crippen LogP contribution in [0.3, 0.4) is 0 Å². The zero-order chi connectivity index (χ0) is 25.2. The molecule has 35 heavy (non-hydrogen) atoms. The summed E-state index contributed by atoms with van der Waals surface area (Å²) in [7, 11) is 0. The van der Waals surface area contributed by atoms with Gasteiger partial charge < -0.3 is 15.4 Å². The molecule has 3 N–H and O–H groups in total. The van der Waals surface area contributed by atoms with Gasteiger partial charge in [0.1, 0.15) is 0 Å². The third kappa shape index (κ3) is 7.64. The van der Waals surface area contributed by atoms with E-state index >= 15 is 0 Å². The van der Waals surface area contributed by atoms with Crippen LogP contribution in [-0.2, 0) is 19.1 Å². The summed E-state index contributed by atoms with van der Waals surface area (Å²) in [4.78, 5) is 47.7. The first kappa shape index (κ1) is 24.8. The Labute approximate surface area is 202 Å². The highest BCUT2D eigenvalue weighted by atomic mass is 16.5. The molecule has 0 heterocycles. The molecule has 0 fully saturated rings. The normalized spacial score (nSPS) is 10.0. The number of anilines is 2. The summed E-state index contributed by atoms with van der Waals surface area (Å²) in [5.74, 6) is -2.15. The van der Waals surface area contributed by atoms with Crippen molar-refractivity contribution in [2.24, 2.45) is 5.10 Å². The van der Waals surface area contributed by atoms with Gasteiger partial charge in [-0.1, -0.05) is 60.7 Å². The molecule has 0 aromatic heterocycles. The minimum atomic E-state index is -0.811. The number of nitrogens with zero attached hydrogens (tertiary/aromatic N) is 1. The van der Waals surface area contributed by atoms with E-state index < -0.39 is 18.5 Å². The summed E-state index contributed by atoms with van der Waals surface area (Å²) in [5, 5.41) is 9.33. The number of carbonyl (C=O) groups excluding carboxylic acids is 4. The van der Waals surface area contributed by atoms with Gasteiger partial charge in [0, 0.05) is 36.3 Å². The zero-order valence-electron chi connectivity index (χ0n) is 19.2. The van der Waals surface area contributed by atoms with Gasteiger partial charge in [0.05, 0.1) is 11.3 Å². The highest BCUT2D eigenvalue weighted by Gasteiger charge is 2.14. The first-order valence-corrected chi connectivity index (χ1v) is 10.7. The first-order valence-electron chi connectivity index (χ1n) is 10.7. The zero-order valence-corrected chi connectivity index (χ0v) is 19.2. The fourth-order valence-corrected chi connectivity index (χ4v) is 3.15. The molecule has 3 aromatic carbocycles. The summed E-state index contributed by atoms with van der Waals surface area (Å²) in [6.07, 6.45) is 0. The van der Waals surface area contributed by atoms with Crippen LogP contribution in [-0.4, -0.2) is 36.0 Å². The molecule has 9 heteroatoms. The van der Waals surface area contributed by atoms with E-state index in [1.54, 1.807) is 0 Å². The summed E-state index contributed by atoms with van der Waals surface area (Å²) in [6.45, 7) is 2.04. The summed E-state index contributed by atoms with van der Waals surface area (Å²) in [6, 6.07) is 22.9. The molecular formula is C26H24N4O5. The number of nitrogens with one attached hydrogen (secondary N) is 3. The lowest BCUT2D eigenvalue weighted by molar-refractivity contribution is -0.124. The number of hydrogen-bond donors (Lipinski definition) is 3. The largest absolute Gasteiger partial charge is 0.452 e. The van der Waals surface area contributed by atoms with Gasteiger partial charge >= 0.3 is 5.97 Å². The molecule has 0 atom stereocenters. The average Bonchev–Trinajstić information content (AvgIpc) is 2.83. The Morgan fingerprint density at radius 3 is 1.66 bits per heavy atom. The van der Waals surface area contributed by atoms with Crippen LogP contribution < -0.4 is 16.1 Å². The SMILES string of the molecule is CC(=O)Nc1cc(NC(C)=O)cc(C(=O)OCC(=O)NN=C(c2ccccc2)c2ccccc2)c1. The number of benzene rings is 3. The minimum Gasteiger partial charge on any atom is -0.452 e. The molecule has 0 unspecified atom stereocenters. The summed E-state index contributed by atoms with van der Waals surface area (Å²) in [5.41, 5.74) is 5.20. The molecule has 0 aliphatic carbocycles. The number of amides is 3. The molecule has 0 saturated heterocycles. The standard InChI is InChI=1S/C26H24N4O5/c1-17(31)27-22-13-21(14-23(15-22)28-18(2)32)26(34)35-16-24(33)29-30-25(19-9-5-3-6-10-19)20-11-7-4-8-12-20/h3-15H,16H2,1-2H3,(H,27,31)(H,28,32)(H,29,33). The summed E-state index contributed by atoms with van der Waals surface area (Å²) < 4.78 is 5.11. The van der Waals surface area contributed by atoms with Crippen molar-refractivity contribution in [3.8, 4) is 0 Å². The fourth-order valence-electron chi connectivity index (χ4n) is 3.15. The van der Waals surface area contributed by atoms with Gasteiger partial charge in [0.15, 0.2) is 6.61 Å². The molecule has 0 saturated carbocycles. The van der Waals surface area contributed by atoms with Crippen molar-refractivity contribution < 1.29 is 23.9 Å². The Kier molecular flexibility index (Phi) is 8.44. The quantitative estimate of drug-likeness (QED) is 0.263. The lowest BCUT2D eigenvalue weighted by Gasteiger charge is -2.11. The van der Waals surface area contributed by atoms with Gasteiger partial charge in [-0.2, -0.15) is 5.10 Å². The monoisotopic (exact) mass is 472 g/mol. The maximum atomic E-state index is 12.5. The van der Waals surface area contributed by atoms with E-state index in [0.717, 1.165) is 11.1 Å². The third-order valence-electron chi connectivity index (χ3n) is 4.53. The van der Waals surface area contributed by atoms with Crippen molar-refractivity contribution in [2.75, 3.05) is 17.2 Å². The second kappa shape index (κ2) is 11.9. The second-order valence-electron chi connectivity index (χ2n) is 7.46. The van der Waals surface area contributed by atoms with E-state index in [1.807, 2.05) is 60.7 Å². The van der Waals surface area contributed by atoms with Crippen LogP contribution in [0.2, 0.25) is 0 Å². The molecule has 0 radical (unpaired) electrons. The lowest BCUT2D eigenvalue weighted by atomic mass is 10.0. The molecular weight excluding hydrogens is 448 g/mol. The number of hydrazone groups is 1. The number of carbonyl (C=O) groups is 4. The maximum Gasteiger partial charge on any atom is 0.338 e. The molecule has 0 spiro atoms. The van der Waals surface area contributed by atoms with E-state index in [1.165, 1.54) is 32.0 Å². The Bertz CT molecular complexity index is 1180. The second-order valence-corrected chi connectivity index (χ2v) is 7.46. The number of rotatable bonds is 8. The van der Waals surface area contributed by atoms with Crippen LogP contribution in [0, 0.1) is 0 Å². The smallest absolute Gasteiger partial charge is 0.338 e. The molecule has 178 valence electrons. The van der Waals surface area contributed by atoms with Crippen molar-refractivity contribution in [2.45, 2.75) is 13.8 Å². The number of ether oxygens (including phenoxy) is 1. The van der Waals surface area contributed by atoms with Crippen molar-refractivity contribution in [3.63, 3.8) is 0 Å². The highest BCUT2D eigenvalue weighted by molar-refractivity contribution is 6.13. The fraction of sp³-hybridized carbons (Fsp3) is 0.115. The van der Waals surface area contributed by atoms with Gasteiger partial charge in [-0.25, -0.2) is 10.2 Å². The van der Waals surface area contributed by atoms with Crippen LogP contribution in [0.25, 0.3) is 0 Å². The lowest BCUT2D eigenvalue weighted by Crippen LogP contribution is -2.26. The van der Waals surface area contributed by atoms with Crippen LogP contribution in [0.5, 0.6) is 0 Å². The molecule has 3 amide bonds. The molecule has 0 aliphatic heterocycles. The Morgan fingerprint density at radius 1 is 0.714 bits per heavy atom. The molecule has 3 rings (SSSR count). The van der Waals surface area contributed by atoms with E-state index in [9.17, 15) is 19.2 Å². The summed E-state index contributed by atoms with van der Waals surface area (Å²) >= 11 is 0. The van der Waals surface area contributed by atoms with Crippen molar-refractivity contribution in [1.82, 2.24) is 5.43 Å². The van der Waals surface area contributed by atoms with Gasteiger partial charge in [-0.15, -0.1) is 0 Å². The topological polar surface area (TPSA) is 126 Å². The molecule has 0 aliphatic rings. The highest BCUT2D eigenvalue weighted by Crippen LogP contribution is 2.20. The predicted octanol–water partition coefficient (Wildman–Crippen LogP) is 3.33. The molecule has 0 bridgehead atoms. The van der Waals surface area contributed by atoms with Crippen molar-refractivity contribution >= 4 is 40.8 Å². The Balaban J connectivity index is 1.70. The van der Waals surface area contributed by atoms with Gasteiger partial charge in [-0.3, -0.25) is 14.4 Å². The average molecular weight is 473 g/mol. The van der Waals surface area contributed by atoms with Crippen LogP contribution in [0.4, 0.5) is 11.4 Å². The number of hydrogen-bond acceptors (Lipinski definition) is 6. The van der Waals surface area contributed by atoms with E-state index in [0.29, 0.717) is 17.1 Å². The number of esters is 1. The van der Waals surface area contributed by atoms with Crippen molar-refractivity contribution in [3.05, 3.63) is 95.6 Å². The van der Waals surface area contributed by atoms with Crippen LogP contribution in [0.1, 0.15) is 35.3 Å². The first-order chi connectivity index (χ1) is 16.8. The molecule has 3 aromatic rings. The van der Waals surface area contributed by atoms with Crippen LogP contribution in [0.15, 0.2) is 84.0 Å². The van der Waals surface area contributed by atoms with Gasteiger partial charge in [-0.05, 0) is 18.2 Å². The maximum absolute atomic E-state index is 12.5. The van der Waals surface area contributed by atoms with Crippen LogP contribution >= 0.6 is 0 Å². The Morgan fingerprint density at radius 2 is 1.20 bits per heavy atom. The van der Waals surface area contributed by atoms with E-state index in [2.05, 4.69) is 21.2 Å². The third-order valence-corrected chi connectivity index (χ3v) is 4.53. The van der Waals surface area contributed by atoms with E-state index in [4.69, 9.17) is 4.74 Å². The predicted molar refractivity (Wildman–Crippen MR) is 132 cm³/mol. The van der Waals surface area contributed by atoms with E-state index in [-0.39, 0.29) is 17.4 Å². The van der Waals surface area contributed by atoms with Crippen molar-refractivity contribution in [1.29, 1.82) is 0 Å². The van der Waals surface area contributed by atoms with Gasteiger partial charge in [0.2, 0.25) is 11.8 Å². The van der Waals surface area contributed by atoms with Gasteiger partial charge in [0.25, 0.3) is 5.91 Å². The minimum absolute atomic E-state index is 0.0468. The molecule has 9 nitrogen and oxygen atoms in total.